The van der Waals surface area contributed by atoms with Gasteiger partial charge in [0.25, 0.3) is 11.8 Å². The Kier molecular flexibility index (Phi) is 8.47. The second-order valence-electron chi connectivity index (χ2n) is 10.6. The van der Waals surface area contributed by atoms with Crippen molar-refractivity contribution >= 4 is 17.5 Å². The molecule has 0 saturated heterocycles. The summed E-state index contributed by atoms with van der Waals surface area (Å²) in [6, 6.07) is 22.2. The lowest BCUT2D eigenvalue weighted by molar-refractivity contribution is -0.118. The van der Waals surface area contributed by atoms with Crippen LogP contribution in [0.5, 0.6) is 11.5 Å². The van der Waals surface area contributed by atoms with Gasteiger partial charge in [0.1, 0.15) is 18.1 Å². The zero-order valence-electron chi connectivity index (χ0n) is 22.8. The van der Waals surface area contributed by atoms with Crippen molar-refractivity contribution in [2.45, 2.75) is 38.6 Å². The maximum absolute atomic E-state index is 13.7. The predicted octanol–water partition coefficient (Wildman–Crippen LogP) is 5.25. The highest BCUT2D eigenvalue weighted by Gasteiger charge is 2.22. The average Bonchev–Trinajstić information content (AvgIpc) is 2.94. The van der Waals surface area contributed by atoms with Gasteiger partial charge in [-0.1, -0.05) is 48.0 Å². The minimum atomic E-state index is -0.192. The Bertz CT molecular complexity index is 1310. The molecular formula is C32H37N3O4. The molecule has 2 heterocycles. The lowest BCUT2D eigenvalue weighted by Gasteiger charge is -2.27. The average molecular weight is 528 g/mol. The van der Waals surface area contributed by atoms with Gasteiger partial charge in [0.2, 0.25) is 0 Å². The topological polar surface area (TPSA) is 71.1 Å². The van der Waals surface area contributed by atoms with Gasteiger partial charge >= 0.3 is 0 Å². The molecule has 39 heavy (non-hydrogen) atoms. The van der Waals surface area contributed by atoms with Gasteiger partial charge in [-0.3, -0.25) is 9.59 Å². The Balaban J connectivity index is 1.38. The molecule has 0 aliphatic carbocycles. The summed E-state index contributed by atoms with van der Waals surface area (Å²) < 4.78 is 11.8. The number of anilines is 1. The number of nitrogens with one attached hydrogen (secondary N) is 1. The smallest absolute Gasteiger partial charge is 0.262 e. The van der Waals surface area contributed by atoms with E-state index in [4.69, 9.17) is 9.47 Å². The van der Waals surface area contributed by atoms with E-state index in [1.54, 1.807) is 18.2 Å². The maximum Gasteiger partial charge on any atom is 0.262 e. The standard InChI is InChI=1S/C32H37N3O4/c1-23-10-13-29-27(19-23)21-34(2)16-14-25(24-7-4-3-5-8-24)9-6-15-35(17-18-38-29)32(37)26-11-12-28-30(20-26)39-22-31(36)33-28/h3-5,7-8,10-13,19-20,25H,6,9,14-18,21-22H2,1-2H3,(H,33,36). The van der Waals surface area contributed by atoms with E-state index >= 15 is 0 Å². The Morgan fingerprint density at radius 2 is 1.77 bits per heavy atom. The first-order valence-corrected chi connectivity index (χ1v) is 13.8. The van der Waals surface area contributed by atoms with Crippen molar-refractivity contribution in [2.24, 2.45) is 0 Å². The second-order valence-corrected chi connectivity index (χ2v) is 10.6. The number of aryl methyl sites for hydroxylation is 1. The molecule has 3 aromatic rings. The number of ether oxygens (including phenoxy) is 2. The molecule has 0 spiro atoms. The molecule has 2 amide bonds. The summed E-state index contributed by atoms with van der Waals surface area (Å²) in [6.07, 6.45) is 2.93. The van der Waals surface area contributed by atoms with E-state index in [2.05, 4.69) is 66.7 Å². The van der Waals surface area contributed by atoms with Gasteiger partial charge in [-0.15, -0.1) is 0 Å². The summed E-state index contributed by atoms with van der Waals surface area (Å²) in [5.41, 5.74) is 4.86. The van der Waals surface area contributed by atoms with Crippen LogP contribution in [-0.4, -0.2) is 61.5 Å². The molecule has 0 bridgehead atoms. The summed E-state index contributed by atoms with van der Waals surface area (Å²) >= 11 is 0. The van der Waals surface area contributed by atoms with Gasteiger partial charge in [-0.2, -0.15) is 0 Å². The predicted molar refractivity (Wildman–Crippen MR) is 153 cm³/mol. The molecule has 2 aliphatic heterocycles. The van der Waals surface area contributed by atoms with E-state index in [0.717, 1.165) is 43.7 Å². The molecule has 1 N–H and O–H groups in total. The first-order valence-electron chi connectivity index (χ1n) is 13.8. The molecule has 5 rings (SSSR count). The fourth-order valence-electron chi connectivity index (χ4n) is 5.42. The van der Waals surface area contributed by atoms with Gasteiger partial charge in [0.05, 0.1) is 12.2 Å². The highest BCUT2D eigenvalue weighted by Crippen LogP contribution is 2.30. The lowest BCUT2D eigenvalue weighted by Crippen LogP contribution is -2.36. The van der Waals surface area contributed by atoms with Crippen molar-refractivity contribution in [1.29, 1.82) is 0 Å². The van der Waals surface area contributed by atoms with Crippen LogP contribution in [0.1, 0.15) is 52.2 Å². The van der Waals surface area contributed by atoms with E-state index in [-0.39, 0.29) is 18.4 Å². The molecule has 0 aromatic heterocycles. The zero-order chi connectivity index (χ0) is 27.2. The molecule has 3 aromatic carbocycles. The number of hydrogen-bond donors (Lipinski definition) is 1. The monoisotopic (exact) mass is 527 g/mol. The van der Waals surface area contributed by atoms with Crippen molar-refractivity contribution in [3.8, 4) is 11.5 Å². The minimum Gasteiger partial charge on any atom is -0.491 e. The summed E-state index contributed by atoms with van der Waals surface area (Å²) in [5, 5.41) is 2.79. The highest BCUT2D eigenvalue weighted by atomic mass is 16.5. The number of fused-ring (bicyclic) bond motifs is 2. The zero-order valence-corrected chi connectivity index (χ0v) is 22.8. The molecule has 2 aliphatic rings. The van der Waals surface area contributed by atoms with Crippen LogP contribution in [0.15, 0.2) is 66.7 Å². The van der Waals surface area contributed by atoms with Crippen LogP contribution < -0.4 is 14.8 Å². The van der Waals surface area contributed by atoms with Gasteiger partial charge in [-0.25, -0.2) is 0 Å². The fraction of sp³-hybridized carbons (Fsp3) is 0.375. The number of amides is 2. The van der Waals surface area contributed by atoms with E-state index in [1.807, 2.05) is 11.0 Å². The Morgan fingerprint density at radius 1 is 0.923 bits per heavy atom. The minimum absolute atomic E-state index is 0.0445. The molecule has 0 fully saturated rings. The summed E-state index contributed by atoms with van der Waals surface area (Å²) in [6.45, 7) is 5.37. The number of rotatable bonds is 2. The third-order valence-electron chi connectivity index (χ3n) is 7.53. The Labute approximate surface area is 230 Å². The molecule has 0 saturated carbocycles. The quantitative estimate of drug-likeness (QED) is 0.493. The normalized spacial score (nSPS) is 19.0. The van der Waals surface area contributed by atoms with Gasteiger partial charge in [0, 0.05) is 24.2 Å². The summed E-state index contributed by atoms with van der Waals surface area (Å²) in [5.74, 6) is 1.56. The SMILES string of the molecule is Cc1ccc2c(c1)CN(C)CCC(c1ccccc1)CCCN(C(=O)c1ccc3c(c1)OCC(=O)N3)CCO2. The largest absolute Gasteiger partial charge is 0.491 e. The number of nitrogens with zero attached hydrogens (tertiary/aromatic N) is 2. The van der Waals surface area contributed by atoms with Crippen LogP contribution >= 0.6 is 0 Å². The molecular weight excluding hydrogens is 490 g/mol. The summed E-state index contributed by atoms with van der Waals surface area (Å²) in [4.78, 5) is 29.6. The van der Waals surface area contributed by atoms with E-state index in [9.17, 15) is 9.59 Å². The van der Waals surface area contributed by atoms with Crippen LogP contribution in [-0.2, 0) is 11.3 Å². The summed E-state index contributed by atoms with van der Waals surface area (Å²) in [7, 11) is 2.17. The van der Waals surface area contributed by atoms with Gasteiger partial charge in [0.15, 0.2) is 6.61 Å². The fourth-order valence-corrected chi connectivity index (χ4v) is 5.42. The third-order valence-corrected chi connectivity index (χ3v) is 7.53. The molecule has 7 heteroatoms. The van der Waals surface area contributed by atoms with Gasteiger partial charge < -0.3 is 24.6 Å². The van der Waals surface area contributed by atoms with Crippen LogP contribution in [0.25, 0.3) is 0 Å². The van der Waals surface area contributed by atoms with Crippen LogP contribution in [0.3, 0.4) is 0 Å². The van der Waals surface area contributed by atoms with Crippen molar-refractivity contribution in [3.05, 3.63) is 89.0 Å². The molecule has 1 atom stereocenters. The molecule has 7 nitrogen and oxygen atoms in total. The first-order chi connectivity index (χ1) is 19.0. The van der Waals surface area contributed by atoms with Crippen molar-refractivity contribution in [3.63, 3.8) is 0 Å². The lowest BCUT2D eigenvalue weighted by atomic mass is 9.91. The van der Waals surface area contributed by atoms with E-state index in [0.29, 0.717) is 42.6 Å². The number of hydrogen-bond acceptors (Lipinski definition) is 5. The van der Waals surface area contributed by atoms with Gasteiger partial charge in [-0.05, 0) is 75.5 Å². The molecule has 204 valence electrons. The molecule has 1 unspecified atom stereocenters. The highest BCUT2D eigenvalue weighted by molar-refractivity contribution is 5.99. The van der Waals surface area contributed by atoms with Crippen molar-refractivity contribution < 1.29 is 19.1 Å². The van der Waals surface area contributed by atoms with Crippen molar-refractivity contribution in [2.75, 3.05) is 45.2 Å². The maximum atomic E-state index is 13.7. The second kappa shape index (κ2) is 12.3. The van der Waals surface area contributed by atoms with Crippen molar-refractivity contribution in [1.82, 2.24) is 9.80 Å². The Hall–Kier alpha value is -3.84. The molecule has 0 radical (unpaired) electrons. The number of carbonyl (C=O) groups excluding carboxylic acids is 2. The van der Waals surface area contributed by atoms with Crippen LogP contribution in [0.2, 0.25) is 0 Å². The van der Waals surface area contributed by atoms with E-state index < -0.39 is 0 Å². The third kappa shape index (κ3) is 6.79. The number of benzene rings is 3. The Morgan fingerprint density at radius 3 is 2.62 bits per heavy atom. The van der Waals surface area contributed by atoms with Crippen LogP contribution in [0, 0.1) is 6.92 Å². The van der Waals surface area contributed by atoms with E-state index in [1.165, 1.54) is 11.1 Å². The van der Waals surface area contributed by atoms with Crippen LogP contribution in [0.4, 0.5) is 5.69 Å². The first kappa shape index (κ1) is 26.8. The number of carbonyl (C=O) groups is 2.